The van der Waals surface area contributed by atoms with Gasteiger partial charge in [0.2, 0.25) is 5.91 Å². The van der Waals surface area contributed by atoms with Crippen LogP contribution in [0, 0.1) is 0 Å². The highest BCUT2D eigenvalue weighted by Gasteiger charge is 2.15. The molecule has 5 nitrogen and oxygen atoms in total. The molecule has 3 amide bonds. The summed E-state index contributed by atoms with van der Waals surface area (Å²) >= 11 is 1.48. The summed E-state index contributed by atoms with van der Waals surface area (Å²) in [5.74, 6) is 0.418. The summed E-state index contributed by atoms with van der Waals surface area (Å²) in [6, 6.07) is 7.18. The first-order chi connectivity index (χ1) is 10.7. The summed E-state index contributed by atoms with van der Waals surface area (Å²) in [6.07, 6.45) is 6.45. The molecule has 0 aliphatic carbocycles. The molecule has 2 N–H and O–H groups in total. The van der Waals surface area contributed by atoms with Gasteiger partial charge >= 0.3 is 6.03 Å². The first-order valence-corrected chi connectivity index (χ1v) is 9.03. The number of urea groups is 1. The van der Waals surface area contributed by atoms with Crippen LogP contribution in [0.5, 0.6) is 0 Å². The van der Waals surface area contributed by atoms with Gasteiger partial charge in [0.25, 0.3) is 0 Å². The number of nitrogens with one attached hydrogen (secondary N) is 2. The van der Waals surface area contributed by atoms with E-state index in [1.807, 2.05) is 23.3 Å². The number of thioether (sulfide) groups is 1. The quantitative estimate of drug-likeness (QED) is 0.893. The fraction of sp³-hybridized carbons (Fsp3) is 0.500. The summed E-state index contributed by atoms with van der Waals surface area (Å²) in [6.45, 7) is 1.66. The van der Waals surface area contributed by atoms with Crippen molar-refractivity contribution in [2.45, 2.75) is 25.7 Å². The molecular weight excluding hydrogens is 298 g/mol. The fourth-order valence-corrected chi connectivity index (χ4v) is 2.78. The van der Waals surface area contributed by atoms with Gasteiger partial charge in [0.15, 0.2) is 0 Å². The van der Waals surface area contributed by atoms with E-state index >= 15 is 0 Å². The number of anilines is 2. The van der Waals surface area contributed by atoms with E-state index in [1.165, 1.54) is 24.6 Å². The van der Waals surface area contributed by atoms with Crippen LogP contribution in [0.4, 0.5) is 16.2 Å². The zero-order chi connectivity index (χ0) is 15.8. The lowest BCUT2D eigenvalue weighted by atomic mass is 10.2. The van der Waals surface area contributed by atoms with Gasteiger partial charge in [-0.15, -0.1) is 0 Å². The van der Waals surface area contributed by atoms with E-state index in [0.29, 0.717) is 5.75 Å². The van der Waals surface area contributed by atoms with Gasteiger partial charge in [-0.1, -0.05) is 12.8 Å². The first-order valence-electron chi connectivity index (χ1n) is 7.64. The monoisotopic (exact) mass is 321 g/mol. The Balaban J connectivity index is 1.87. The number of likely N-dealkylation sites (tertiary alicyclic amines) is 1. The predicted octanol–water partition coefficient (Wildman–Crippen LogP) is 3.40. The molecule has 1 aliphatic heterocycles. The fourth-order valence-electron chi connectivity index (χ4n) is 2.44. The Bertz CT molecular complexity index is 497. The Morgan fingerprint density at radius 3 is 2.09 bits per heavy atom. The molecule has 0 radical (unpaired) electrons. The molecule has 22 heavy (non-hydrogen) atoms. The maximum absolute atomic E-state index is 12.2. The van der Waals surface area contributed by atoms with Gasteiger partial charge in [0.05, 0.1) is 5.75 Å². The molecule has 0 bridgehead atoms. The molecule has 0 atom stereocenters. The number of carbonyl (C=O) groups excluding carboxylic acids is 2. The number of nitrogens with zero attached hydrogens (tertiary/aromatic N) is 1. The highest BCUT2D eigenvalue weighted by atomic mass is 32.2. The van der Waals surface area contributed by atoms with Gasteiger partial charge < -0.3 is 15.5 Å². The molecule has 1 aliphatic rings. The summed E-state index contributed by atoms with van der Waals surface area (Å²) < 4.78 is 0. The molecule has 0 saturated carbocycles. The maximum atomic E-state index is 12.2. The number of amides is 3. The van der Waals surface area contributed by atoms with Crippen LogP contribution in [0.2, 0.25) is 0 Å². The van der Waals surface area contributed by atoms with Crippen molar-refractivity contribution in [3.05, 3.63) is 24.3 Å². The van der Waals surface area contributed by atoms with Crippen molar-refractivity contribution in [3.8, 4) is 0 Å². The van der Waals surface area contributed by atoms with E-state index in [9.17, 15) is 9.59 Å². The number of rotatable bonds is 4. The smallest absolute Gasteiger partial charge is 0.321 e. The van der Waals surface area contributed by atoms with Gasteiger partial charge in [0, 0.05) is 24.5 Å². The number of benzene rings is 1. The molecule has 0 aromatic heterocycles. The highest BCUT2D eigenvalue weighted by Crippen LogP contribution is 2.16. The molecule has 0 unspecified atom stereocenters. The van der Waals surface area contributed by atoms with Crippen molar-refractivity contribution in [2.24, 2.45) is 0 Å². The van der Waals surface area contributed by atoms with Crippen molar-refractivity contribution in [3.63, 3.8) is 0 Å². The lowest BCUT2D eigenvalue weighted by molar-refractivity contribution is -0.113. The van der Waals surface area contributed by atoms with Crippen LogP contribution in [-0.2, 0) is 4.79 Å². The molecule has 1 fully saturated rings. The minimum atomic E-state index is -0.0407. The van der Waals surface area contributed by atoms with Crippen LogP contribution in [-0.4, -0.2) is 41.9 Å². The summed E-state index contributed by atoms with van der Waals surface area (Å²) in [5.41, 5.74) is 1.49. The Hall–Kier alpha value is -1.69. The van der Waals surface area contributed by atoms with Gasteiger partial charge in [-0.05, 0) is 43.4 Å². The van der Waals surface area contributed by atoms with Gasteiger partial charge in [-0.25, -0.2) is 4.79 Å². The van der Waals surface area contributed by atoms with E-state index in [2.05, 4.69) is 10.6 Å². The summed E-state index contributed by atoms with van der Waals surface area (Å²) in [5, 5.41) is 5.73. The third kappa shape index (κ3) is 5.26. The molecule has 0 spiro atoms. The van der Waals surface area contributed by atoms with E-state index in [4.69, 9.17) is 0 Å². The van der Waals surface area contributed by atoms with E-state index in [0.717, 1.165) is 37.3 Å². The predicted molar refractivity (Wildman–Crippen MR) is 92.5 cm³/mol. The van der Waals surface area contributed by atoms with Crippen LogP contribution in [0.15, 0.2) is 24.3 Å². The zero-order valence-corrected chi connectivity index (χ0v) is 13.7. The third-order valence-electron chi connectivity index (χ3n) is 3.59. The molecule has 1 saturated heterocycles. The number of hydrogen-bond acceptors (Lipinski definition) is 3. The second-order valence-corrected chi connectivity index (χ2v) is 6.26. The van der Waals surface area contributed by atoms with Crippen LogP contribution >= 0.6 is 11.8 Å². The Kier molecular flexibility index (Phi) is 6.58. The van der Waals surface area contributed by atoms with Gasteiger partial charge in [-0.2, -0.15) is 11.8 Å². The molecule has 2 rings (SSSR count). The topological polar surface area (TPSA) is 61.4 Å². The number of carbonyl (C=O) groups is 2. The Morgan fingerprint density at radius 2 is 1.55 bits per heavy atom. The van der Waals surface area contributed by atoms with Gasteiger partial charge in [0.1, 0.15) is 0 Å². The van der Waals surface area contributed by atoms with Crippen LogP contribution in [0.25, 0.3) is 0 Å². The Labute approximate surface area is 135 Å². The second-order valence-electron chi connectivity index (χ2n) is 5.39. The van der Waals surface area contributed by atoms with Crippen molar-refractivity contribution >= 4 is 35.1 Å². The summed E-state index contributed by atoms with van der Waals surface area (Å²) in [4.78, 5) is 25.6. The maximum Gasteiger partial charge on any atom is 0.321 e. The van der Waals surface area contributed by atoms with E-state index in [1.54, 1.807) is 12.1 Å². The zero-order valence-electron chi connectivity index (χ0n) is 12.9. The molecule has 1 aromatic rings. The minimum absolute atomic E-state index is 0.0196. The lowest BCUT2D eigenvalue weighted by Crippen LogP contribution is -2.35. The van der Waals surface area contributed by atoms with Crippen LogP contribution < -0.4 is 10.6 Å². The Morgan fingerprint density at radius 1 is 1.00 bits per heavy atom. The average Bonchev–Trinajstić information content (AvgIpc) is 2.78. The molecule has 120 valence electrons. The van der Waals surface area contributed by atoms with Gasteiger partial charge in [-0.3, -0.25) is 4.79 Å². The first kappa shape index (κ1) is 16.7. The minimum Gasteiger partial charge on any atom is -0.325 e. The van der Waals surface area contributed by atoms with Crippen LogP contribution in [0.3, 0.4) is 0 Å². The molecule has 1 aromatic carbocycles. The van der Waals surface area contributed by atoms with E-state index in [-0.39, 0.29) is 11.9 Å². The third-order valence-corrected chi connectivity index (χ3v) is 4.14. The normalized spacial score (nSPS) is 15.0. The van der Waals surface area contributed by atoms with Crippen LogP contribution in [0.1, 0.15) is 25.7 Å². The largest absolute Gasteiger partial charge is 0.325 e. The average molecular weight is 321 g/mol. The second kappa shape index (κ2) is 8.68. The number of hydrogen-bond donors (Lipinski definition) is 2. The SMILES string of the molecule is CSCC(=O)Nc1ccc(NC(=O)N2CCCCCC2)cc1. The van der Waals surface area contributed by atoms with Crippen molar-refractivity contribution < 1.29 is 9.59 Å². The standard InChI is InChI=1S/C16H23N3O2S/c1-22-12-15(20)17-13-6-8-14(9-7-13)18-16(21)19-10-4-2-3-5-11-19/h6-9H,2-5,10-12H2,1H3,(H,17,20)(H,18,21). The molecule has 1 heterocycles. The lowest BCUT2D eigenvalue weighted by Gasteiger charge is -2.20. The van der Waals surface area contributed by atoms with E-state index < -0.39 is 0 Å². The van der Waals surface area contributed by atoms with Crippen molar-refractivity contribution in [2.75, 3.05) is 35.7 Å². The molecule has 6 heteroatoms. The molecular formula is C16H23N3O2S. The van der Waals surface area contributed by atoms with Crippen molar-refractivity contribution in [1.82, 2.24) is 4.90 Å². The van der Waals surface area contributed by atoms with Crippen molar-refractivity contribution in [1.29, 1.82) is 0 Å². The highest BCUT2D eigenvalue weighted by molar-refractivity contribution is 7.99. The summed E-state index contributed by atoms with van der Waals surface area (Å²) in [7, 11) is 0.